The lowest BCUT2D eigenvalue weighted by molar-refractivity contribution is -0.141. The molecule has 0 fully saturated rings. The second kappa shape index (κ2) is 17.4. The first-order valence-electron chi connectivity index (χ1n) is 28.4. The Morgan fingerprint density at radius 1 is 0.350 bits per heavy atom. The number of rotatable bonds is 11. The molecular formula is C74H56N4O2. The van der Waals surface area contributed by atoms with Gasteiger partial charge >= 0.3 is 5.97 Å². The van der Waals surface area contributed by atoms with E-state index in [-0.39, 0.29) is 12.4 Å². The van der Waals surface area contributed by atoms with E-state index in [0.717, 1.165) is 102 Å². The van der Waals surface area contributed by atoms with Crippen LogP contribution < -0.4 is 0 Å². The molecule has 6 nitrogen and oxygen atoms in total. The maximum atomic E-state index is 14.0. The molecule has 4 atom stereocenters. The Balaban J connectivity index is 1.05. The van der Waals surface area contributed by atoms with E-state index in [1.54, 1.807) is 0 Å². The summed E-state index contributed by atoms with van der Waals surface area (Å²) in [5.41, 5.74) is 19.9. The molecule has 0 unspecified atom stereocenters. The third kappa shape index (κ3) is 6.50. The summed E-state index contributed by atoms with van der Waals surface area (Å²) in [5.74, 6) is -0.229. The third-order valence-electron chi connectivity index (χ3n) is 19.2. The number of fused-ring (bicyclic) bond motifs is 16. The number of benzene rings is 8. The second-order valence-electron chi connectivity index (χ2n) is 23.2. The molecule has 4 aromatic heterocycles. The SMILES string of the molecule is CCC[C@@]1(C[C@@]2(C[C@@]3(C[C@@]4(CCC(=O)OC)c5ccccc5-c5nc6ccccc6cc54)c4ccccc4-c4nc5ccccc5cc43)c3ccccc3-c3nc4ccccc4cc32)c2ccccc2-c2nc3ccccc3cc21. The molecule has 0 spiro atoms. The van der Waals surface area contributed by atoms with Crippen LogP contribution in [0.3, 0.4) is 0 Å². The van der Waals surface area contributed by atoms with Crippen molar-refractivity contribution in [3.05, 3.63) is 263 Å². The summed E-state index contributed by atoms with van der Waals surface area (Å²) in [6, 6.07) is 80.7. The molecular weight excluding hydrogens is 977 g/mol. The second-order valence-corrected chi connectivity index (χ2v) is 23.2. The van der Waals surface area contributed by atoms with Crippen LogP contribution in [-0.2, 0) is 31.2 Å². The fourth-order valence-corrected chi connectivity index (χ4v) is 16.1. The lowest BCUT2D eigenvalue weighted by Crippen LogP contribution is -2.46. The van der Waals surface area contributed by atoms with E-state index in [2.05, 4.69) is 225 Å². The van der Waals surface area contributed by atoms with E-state index in [1.807, 2.05) is 0 Å². The number of para-hydroxylation sites is 4. The molecule has 8 aromatic carbocycles. The van der Waals surface area contributed by atoms with Crippen LogP contribution in [0.2, 0.25) is 0 Å². The summed E-state index contributed by atoms with van der Waals surface area (Å²) in [7, 11) is 1.52. The van der Waals surface area contributed by atoms with Crippen molar-refractivity contribution < 1.29 is 9.53 Å². The van der Waals surface area contributed by atoms with E-state index in [0.29, 0.717) is 19.3 Å². The fourth-order valence-electron chi connectivity index (χ4n) is 16.1. The van der Waals surface area contributed by atoms with Gasteiger partial charge in [0.2, 0.25) is 0 Å². The number of hydrogen-bond donors (Lipinski definition) is 0. The first-order valence-corrected chi connectivity index (χ1v) is 28.4. The molecule has 4 aliphatic rings. The first kappa shape index (κ1) is 46.9. The van der Waals surface area contributed by atoms with Crippen LogP contribution in [0.1, 0.15) is 96.4 Å². The Kier molecular flexibility index (Phi) is 10.2. The lowest BCUT2D eigenvalue weighted by atomic mass is 9.52. The minimum atomic E-state index is -0.768. The standard InChI is InChI=1S/C74H56N4O2/c1-3-37-71(54-28-12-8-24-50(54)67-58(71)39-46-20-4-16-32-62(46)75-67)43-73(56-30-14-10-26-52(56)69-60(73)41-48-22-6-18-34-64(48)77-69)45-74(57-31-15-11-27-53(57)70-61(74)42-49-23-7-19-35-65(49)78-70)44-72(38-36-66(79)80-2)55-29-13-9-25-51(55)68-59(72)40-47-21-5-17-33-63(47)76-68/h4-35,39-42H,3,36-38,43-45H2,1-2H3/t71-,72+,73-,74+/m1/s1. The largest absolute Gasteiger partial charge is 0.469 e. The number of ether oxygens (including phenoxy) is 1. The number of esters is 1. The van der Waals surface area contributed by atoms with Crippen LogP contribution in [0.15, 0.2) is 218 Å². The Labute approximate surface area is 465 Å². The minimum absolute atomic E-state index is 0.221. The molecule has 12 aromatic rings. The van der Waals surface area contributed by atoms with Gasteiger partial charge in [-0.25, -0.2) is 19.9 Å². The smallest absolute Gasteiger partial charge is 0.305 e. The molecule has 0 bridgehead atoms. The molecule has 0 saturated carbocycles. The summed E-state index contributed by atoms with van der Waals surface area (Å²) in [6.07, 6.45) is 4.62. The fraction of sp³-hybridized carbons (Fsp3) is 0.176. The van der Waals surface area contributed by atoms with Gasteiger partial charge in [0.25, 0.3) is 0 Å². The monoisotopic (exact) mass is 1030 g/mol. The van der Waals surface area contributed by atoms with Gasteiger partial charge < -0.3 is 4.74 Å². The number of methoxy groups -OCH3 is 1. The zero-order valence-electron chi connectivity index (χ0n) is 44.8. The van der Waals surface area contributed by atoms with Gasteiger partial charge in [0, 0.05) is 71.9 Å². The summed E-state index contributed by atoms with van der Waals surface area (Å²) in [6.45, 7) is 2.36. The number of aromatic nitrogens is 4. The highest BCUT2D eigenvalue weighted by Crippen LogP contribution is 2.69. The zero-order valence-corrected chi connectivity index (χ0v) is 44.8. The van der Waals surface area contributed by atoms with Gasteiger partial charge in [-0.1, -0.05) is 183 Å². The topological polar surface area (TPSA) is 77.9 Å². The summed E-state index contributed by atoms with van der Waals surface area (Å²) >= 11 is 0. The summed E-state index contributed by atoms with van der Waals surface area (Å²) in [5, 5.41) is 4.44. The van der Waals surface area contributed by atoms with Gasteiger partial charge in [-0.2, -0.15) is 0 Å². The van der Waals surface area contributed by atoms with Crippen molar-refractivity contribution in [2.24, 2.45) is 0 Å². The number of hydrogen-bond acceptors (Lipinski definition) is 6. The average molecular weight is 1030 g/mol. The van der Waals surface area contributed by atoms with Crippen molar-refractivity contribution >= 4 is 49.6 Å². The van der Waals surface area contributed by atoms with E-state index < -0.39 is 21.7 Å². The van der Waals surface area contributed by atoms with E-state index in [9.17, 15) is 4.79 Å². The van der Waals surface area contributed by atoms with E-state index in [4.69, 9.17) is 24.7 Å². The normalized spacial score (nSPS) is 20.5. The van der Waals surface area contributed by atoms with Gasteiger partial charge in [0.05, 0.1) is 52.0 Å². The highest BCUT2D eigenvalue weighted by molar-refractivity contribution is 5.94. The molecule has 384 valence electrons. The van der Waals surface area contributed by atoms with Crippen LogP contribution in [0.5, 0.6) is 0 Å². The molecule has 0 N–H and O–H groups in total. The molecule has 4 heterocycles. The Morgan fingerprint density at radius 3 is 0.963 bits per heavy atom. The van der Waals surface area contributed by atoms with E-state index >= 15 is 0 Å². The first-order chi connectivity index (χ1) is 39.3. The number of pyridine rings is 4. The number of nitrogens with zero attached hydrogens (tertiary/aromatic N) is 4. The van der Waals surface area contributed by atoms with Crippen molar-refractivity contribution in [1.29, 1.82) is 0 Å². The van der Waals surface area contributed by atoms with Crippen molar-refractivity contribution in [3.63, 3.8) is 0 Å². The third-order valence-corrected chi connectivity index (χ3v) is 19.2. The molecule has 80 heavy (non-hydrogen) atoms. The highest BCUT2D eigenvalue weighted by atomic mass is 16.5. The van der Waals surface area contributed by atoms with Crippen molar-refractivity contribution in [1.82, 2.24) is 19.9 Å². The molecule has 0 amide bonds. The maximum Gasteiger partial charge on any atom is 0.305 e. The predicted octanol–water partition coefficient (Wildman–Crippen LogP) is 17.0. The molecule has 0 saturated heterocycles. The van der Waals surface area contributed by atoms with E-state index in [1.165, 1.54) is 57.2 Å². The Morgan fingerprint density at radius 2 is 0.625 bits per heavy atom. The molecule has 4 aliphatic carbocycles. The lowest BCUT2D eigenvalue weighted by Gasteiger charge is -2.50. The van der Waals surface area contributed by atoms with Crippen molar-refractivity contribution in [3.8, 4) is 45.0 Å². The number of carbonyl (C=O) groups excluding carboxylic acids is 1. The Hall–Kier alpha value is -9.13. The van der Waals surface area contributed by atoms with Gasteiger partial charge in [-0.3, -0.25) is 4.79 Å². The van der Waals surface area contributed by atoms with Crippen LogP contribution in [0.4, 0.5) is 0 Å². The number of carbonyl (C=O) groups is 1. The van der Waals surface area contributed by atoms with Gasteiger partial charge in [-0.15, -0.1) is 0 Å². The van der Waals surface area contributed by atoms with Crippen molar-refractivity contribution in [2.75, 3.05) is 7.11 Å². The van der Waals surface area contributed by atoms with Gasteiger partial charge in [-0.05, 0) is 125 Å². The van der Waals surface area contributed by atoms with Crippen LogP contribution in [0, 0.1) is 0 Å². The zero-order chi connectivity index (χ0) is 53.4. The molecule has 0 radical (unpaired) electrons. The molecule has 6 heteroatoms. The Bertz CT molecular complexity index is 4600. The summed E-state index contributed by atoms with van der Waals surface area (Å²) < 4.78 is 5.61. The average Bonchev–Trinajstić information content (AvgIpc) is 4.22. The quantitative estimate of drug-likeness (QED) is 0.120. The maximum absolute atomic E-state index is 14.0. The summed E-state index contributed by atoms with van der Waals surface area (Å²) in [4.78, 5) is 36.8. The highest BCUT2D eigenvalue weighted by Gasteiger charge is 2.61. The predicted molar refractivity (Wildman–Crippen MR) is 322 cm³/mol. The van der Waals surface area contributed by atoms with Gasteiger partial charge in [0.15, 0.2) is 0 Å². The molecule has 16 rings (SSSR count). The van der Waals surface area contributed by atoms with Crippen LogP contribution in [-0.4, -0.2) is 33.0 Å². The minimum Gasteiger partial charge on any atom is -0.469 e. The van der Waals surface area contributed by atoms with Crippen LogP contribution in [0.25, 0.3) is 88.6 Å². The molecule has 0 aliphatic heterocycles. The van der Waals surface area contributed by atoms with Crippen molar-refractivity contribution in [2.45, 2.75) is 73.5 Å². The van der Waals surface area contributed by atoms with Gasteiger partial charge in [0.1, 0.15) is 0 Å². The van der Waals surface area contributed by atoms with Crippen LogP contribution >= 0.6 is 0 Å².